The largest absolute Gasteiger partial charge is 0.416 e. The summed E-state index contributed by atoms with van der Waals surface area (Å²) in [4.78, 5) is 15.4. The molecule has 6 nitrogen and oxygen atoms in total. The van der Waals surface area contributed by atoms with Crippen molar-refractivity contribution in [1.82, 2.24) is 15.2 Å². The molecule has 30 heavy (non-hydrogen) atoms. The lowest BCUT2D eigenvalue weighted by atomic mass is 10.1. The van der Waals surface area contributed by atoms with Crippen molar-refractivity contribution in [3.63, 3.8) is 0 Å². The van der Waals surface area contributed by atoms with Crippen molar-refractivity contribution in [3.05, 3.63) is 71.4 Å². The lowest BCUT2D eigenvalue weighted by molar-refractivity contribution is -0.137. The van der Waals surface area contributed by atoms with Gasteiger partial charge in [0.1, 0.15) is 0 Å². The molecule has 0 radical (unpaired) electrons. The van der Waals surface area contributed by atoms with Gasteiger partial charge in [-0.25, -0.2) is 0 Å². The number of amides is 1. The molecule has 1 amide bonds. The van der Waals surface area contributed by atoms with E-state index in [4.69, 9.17) is 0 Å². The molecular formula is C20H16F3N5OS. The number of alkyl halides is 3. The maximum atomic E-state index is 12.6. The highest BCUT2D eigenvalue weighted by molar-refractivity contribution is 7.19. The Morgan fingerprint density at radius 1 is 1.03 bits per heavy atom. The molecule has 0 fully saturated rings. The lowest BCUT2D eigenvalue weighted by Crippen LogP contribution is -2.12. The summed E-state index contributed by atoms with van der Waals surface area (Å²) in [5, 5.41) is 15.5. The summed E-state index contributed by atoms with van der Waals surface area (Å²) >= 11 is 1.15. The molecule has 0 aliphatic rings. The molecule has 154 valence electrons. The van der Waals surface area contributed by atoms with E-state index in [0.29, 0.717) is 11.7 Å². The monoisotopic (exact) mass is 431 g/mol. The van der Waals surface area contributed by atoms with Crippen LogP contribution in [0.25, 0.3) is 10.9 Å². The average molecular weight is 431 g/mol. The fraction of sp³-hybridized carbons (Fsp3) is 0.150. The zero-order valence-electron chi connectivity index (χ0n) is 15.5. The molecule has 2 heterocycles. The highest BCUT2D eigenvalue weighted by Gasteiger charge is 2.30. The van der Waals surface area contributed by atoms with Crippen LogP contribution >= 0.6 is 11.3 Å². The Labute approximate surface area is 173 Å². The molecule has 4 aromatic rings. The SMILES string of the molecule is O=C(Nc1nnc(NCCc2c[nH]c3ccccc23)s1)c1ccc(C(F)(F)F)cc1. The summed E-state index contributed by atoms with van der Waals surface area (Å²) < 4.78 is 37.8. The van der Waals surface area contributed by atoms with Crippen LogP contribution in [-0.2, 0) is 12.6 Å². The van der Waals surface area contributed by atoms with E-state index >= 15 is 0 Å². The van der Waals surface area contributed by atoms with Gasteiger partial charge >= 0.3 is 6.18 Å². The Morgan fingerprint density at radius 3 is 2.53 bits per heavy atom. The molecule has 0 bridgehead atoms. The fourth-order valence-corrected chi connectivity index (χ4v) is 3.63. The zero-order valence-corrected chi connectivity index (χ0v) is 16.3. The van der Waals surface area contributed by atoms with Gasteiger partial charge in [0.05, 0.1) is 5.56 Å². The number of H-pyrrole nitrogens is 1. The van der Waals surface area contributed by atoms with Crippen molar-refractivity contribution in [2.75, 3.05) is 17.2 Å². The molecule has 0 unspecified atom stereocenters. The van der Waals surface area contributed by atoms with Crippen LogP contribution in [-0.4, -0.2) is 27.6 Å². The number of aromatic nitrogens is 3. The van der Waals surface area contributed by atoms with Gasteiger partial charge in [-0.3, -0.25) is 10.1 Å². The summed E-state index contributed by atoms with van der Waals surface area (Å²) in [7, 11) is 0. The molecule has 4 rings (SSSR count). The first kappa shape index (κ1) is 19.9. The van der Waals surface area contributed by atoms with Gasteiger partial charge in [-0.2, -0.15) is 13.2 Å². The first-order chi connectivity index (χ1) is 14.4. The van der Waals surface area contributed by atoms with E-state index in [0.717, 1.165) is 47.5 Å². The number of rotatable bonds is 6. The minimum Gasteiger partial charge on any atom is -0.361 e. The van der Waals surface area contributed by atoms with Gasteiger partial charge < -0.3 is 10.3 Å². The van der Waals surface area contributed by atoms with Gasteiger partial charge in [0.15, 0.2) is 0 Å². The van der Waals surface area contributed by atoms with Crippen molar-refractivity contribution in [2.45, 2.75) is 12.6 Å². The number of nitrogens with one attached hydrogen (secondary N) is 3. The van der Waals surface area contributed by atoms with Gasteiger partial charge in [-0.15, -0.1) is 10.2 Å². The zero-order chi connectivity index (χ0) is 21.1. The quantitative estimate of drug-likeness (QED) is 0.404. The number of hydrogen-bond donors (Lipinski definition) is 3. The van der Waals surface area contributed by atoms with Crippen LogP contribution in [0.2, 0.25) is 0 Å². The molecule has 2 aromatic heterocycles. The van der Waals surface area contributed by atoms with E-state index in [-0.39, 0.29) is 10.7 Å². The highest BCUT2D eigenvalue weighted by Crippen LogP contribution is 2.29. The second-order valence-corrected chi connectivity index (χ2v) is 7.46. The predicted octanol–water partition coefficient (Wildman–Crippen LogP) is 4.95. The topological polar surface area (TPSA) is 82.7 Å². The maximum Gasteiger partial charge on any atom is 0.416 e. The molecule has 3 N–H and O–H groups in total. The Balaban J connectivity index is 1.32. The number of benzene rings is 2. The van der Waals surface area contributed by atoms with Gasteiger partial charge in [0, 0.05) is 29.2 Å². The van der Waals surface area contributed by atoms with Crippen LogP contribution in [0.1, 0.15) is 21.5 Å². The number of halogens is 3. The van der Waals surface area contributed by atoms with E-state index in [1.807, 2.05) is 24.4 Å². The van der Waals surface area contributed by atoms with Gasteiger partial charge in [-0.1, -0.05) is 29.5 Å². The number of para-hydroxylation sites is 1. The predicted molar refractivity (Wildman–Crippen MR) is 110 cm³/mol. The van der Waals surface area contributed by atoms with Crippen molar-refractivity contribution in [3.8, 4) is 0 Å². The second kappa shape index (κ2) is 8.15. The minimum atomic E-state index is -4.44. The van der Waals surface area contributed by atoms with E-state index in [2.05, 4.69) is 31.9 Å². The van der Waals surface area contributed by atoms with Crippen LogP contribution in [0.3, 0.4) is 0 Å². The summed E-state index contributed by atoms with van der Waals surface area (Å²) in [6.45, 7) is 0.628. The standard InChI is InChI=1S/C20H16F3N5OS/c21-20(22,23)14-7-5-12(6-8-14)17(29)26-19-28-27-18(30-19)24-10-9-13-11-25-16-4-2-1-3-15(13)16/h1-8,11,25H,9-10H2,(H,24,27)(H,26,28,29). The summed E-state index contributed by atoms with van der Waals surface area (Å²) in [5.74, 6) is -0.551. The number of carbonyl (C=O) groups excluding carboxylic acids is 1. The van der Waals surface area contributed by atoms with Crippen molar-refractivity contribution in [1.29, 1.82) is 0 Å². The molecular weight excluding hydrogens is 415 g/mol. The normalized spacial score (nSPS) is 11.6. The number of aromatic amines is 1. The van der Waals surface area contributed by atoms with Crippen molar-refractivity contribution in [2.24, 2.45) is 0 Å². The molecule has 10 heteroatoms. The average Bonchev–Trinajstić information content (AvgIpc) is 3.35. The van der Waals surface area contributed by atoms with Crippen LogP contribution in [0.4, 0.5) is 23.4 Å². The molecule has 0 saturated carbocycles. The number of anilines is 2. The van der Waals surface area contributed by atoms with Crippen molar-refractivity contribution < 1.29 is 18.0 Å². The molecule has 0 aliphatic carbocycles. The minimum absolute atomic E-state index is 0.104. The van der Waals surface area contributed by atoms with Gasteiger partial charge in [0.2, 0.25) is 10.3 Å². The molecule has 0 atom stereocenters. The van der Waals surface area contributed by atoms with Crippen molar-refractivity contribution >= 4 is 38.4 Å². The van der Waals surface area contributed by atoms with E-state index in [9.17, 15) is 18.0 Å². The van der Waals surface area contributed by atoms with E-state index in [1.165, 1.54) is 10.9 Å². The summed E-state index contributed by atoms with van der Waals surface area (Å²) in [5.41, 5.74) is 1.55. The Bertz CT molecular complexity index is 1170. The molecule has 0 spiro atoms. The smallest absolute Gasteiger partial charge is 0.361 e. The maximum absolute atomic E-state index is 12.6. The van der Waals surface area contributed by atoms with E-state index < -0.39 is 17.6 Å². The molecule has 2 aromatic carbocycles. The van der Waals surface area contributed by atoms with Crippen LogP contribution in [0.15, 0.2) is 54.7 Å². The third-order valence-corrected chi connectivity index (χ3v) is 5.26. The Morgan fingerprint density at radius 2 is 1.77 bits per heavy atom. The third-order valence-electron chi connectivity index (χ3n) is 4.47. The first-order valence-corrected chi connectivity index (χ1v) is 9.83. The number of hydrogen-bond acceptors (Lipinski definition) is 5. The number of nitrogens with zero attached hydrogens (tertiary/aromatic N) is 2. The summed E-state index contributed by atoms with van der Waals surface area (Å²) in [6, 6.07) is 12.0. The first-order valence-electron chi connectivity index (χ1n) is 9.01. The van der Waals surface area contributed by atoms with Gasteiger partial charge in [0.25, 0.3) is 5.91 Å². The molecule has 0 aliphatic heterocycles. The van der Waals surface area contributed by atoms with Gasteiger partial charge in [-0.05, 0) is 42.3 Å². The Kier molecular flexibility index (Phi) is 5.40. The second-order valence-electron chi connectivity index (χ2n) is 6.48. The number of fused-ring (bicyclic) bond motifs is 1. The van der Waals surface area contributed by atoms with Crippen LogP contribution in [0, 0.1) is 0 Å². The van der Waals surface area contributed by atoms with Crippen LogP contribution < -0.4 is 10.6 Å². The summed E-state index contributed by atoms with van der Waals surface area (Å²) in [6.07, 6.45) is -1.69. The Hall–Kier alpha value is -3.40. The third kappa shape index (κ3) is 4.43. The van der Waals surface area contributed by atoms with E-state index in [1.54, 1.807) is 0 Å². The van der Waals surface area contributed by atoms with Crippen LogP contribution in [0.5, 0.6) is 0 Å². The highest BCUT2D eigenvalue weighted by atomic mass is 32.1. The molecule has 0 saturated heterocycles. The number of carbonyl (C=O) groups is 1. The fourth-order valence-electron chi connectivity index (χ4n) is 2.97. The lowest BCUT2D eigenvalue weighted by Gasteiger charge is -2.07.